The number of fused-ring (bicyclic) bond motifs is 1. The Bertz CT molecular complexity index is 683. The highest BCUT2D eigenvalue weighted by atomic mass is 16.4. The summed E-state index contributed by atoms with van der Waals surface area (Å²) in [4.78, 5) is 8.75. The number of benzene rings is 1. The van der Waals surface area contributed by atoms with Gasteiger partial charge in [-0.2, -0.15) is 4.98 Å². The summed E-state index contributed by atoms with van der Waals surface area (Å²) in [6.45, 7) is 2.12. The zero-order valence-corrected chi connectivity index (χ0v) is 10.1. The maximum Gasteiger partial charge on any atom is 0.308 e. The van der Waals surface area contributed by atoms with Gasteiger partial charge in [-0.05, 0) is 18.6 Å². The lowest BCUT2D eigenvalue weighted by Crippen LogP contribution is -2.00. The first-order valence-electron chi connectivity index (χ1n) is 5.96. The van der Waals surface area contributed by atoms with Gasteiger partial charge < -0.3 is 10.2 Å². The molecule has 0 unspecified atom stereocenters. The third-order valence-electron chi connectivity index (χ3n) is 2.80. The fourth-order valence-electron chi connectivity index (χ4n) is 1.95. The summed E-state index contributed by atoms with van der Waals surface area (Å²) in [6.07, 6.45) is 5.55. The number of aryl methyl sites for hydroxylation is 1. The molecule has 0 saturated heterocycles. The van der Waals surface area contributed by atoms with Crippen LogP contribution in [0.1, 0.15) is 19.2 Å². The van der Waals surface area contributed by atoms with Crippen LogP contribution in [0.15, 0.2) is 35.0 Å². The number of anilines is 1. The fraction of sp³-hybridized carbons (Fsp3) is 0.231. The van der Waals surface area contributed by atoms with Gasteiger partial charge in [0.25, 0.3) is 0 Å². The van der Waals surface area contributed by atoms with Gasteiger partial charge in [-0.3, -0.25) is 4.57 Å². The van der Waals surface area contributed by atoms with Crippen LogP contribution >= 0.6 is 0 Å². The zero-order valence-electron chi connectivity index (χ0n) is 10.1. The molecule has 92 valence electrons. The van der Waals surface area contributed by atoms with Gasteiger partial charge in [-0.1, -0.05) is 6.92 Å². The molecule has 0 aliphatic heterocycles. The summed E-state index contributed by atoms with van der Waals surface area (Å²) in [5.41, 5.74) is 7.89. The number of oxazole rings is 1. The van der Waals surface area contributed by atoms with Gasteiger partial charge in [0.1, 0.15) is 11.3 Å². The Hall–Kier alpha value is -2.30. The minimum absolute atomic E-state index is 0.538. The van der Waals surface area contributed by atoms with Crippen molar-refractivity contribution in [3.8, 4) is 6.01 Å². The van der Waals surface area contributed by atoms with Gasteiger partial charge >= 0.3 is 6.01 Å². The Balaban J connectivity index is 2.10. The summed E-state index contributed by atoms with van der Waals surface area (Å²) in [6, 6.07) is 5.99. The van der Waals surface area contributed by atoms with E-state index in [-0.39, 0.29) is 0 Å². The lowest BCUT2D eigenvalue weighted by atomic mass is 10.3. The van der Waals surface area contributed by atoms with Crippen LogP contribution in [0.4, 0.5) is 5.69 Å². The van der Waals surface area contributed by atoms with E-state index in [0.717, 1.165) is 24.2 Å². The molecule has 0 fully saturated rings. The van der Waals surface area contributed by atoms with E-state index in [4.69, 9.17) is 10.2 Å². The number of hydrogen-bond donors (Lipinski definition) is 1. The third-order valence-corrected chi connectivity index (χ3v) is 2.80. The highest BCUT2D eigenvalue weighted by Gasteiger charge is 2.11. The van der Waals surface area contributed by atoms with E-state index in [1.54, 1.807) is 12.3 Å². The van der Waals surface area contributed by atoms with Crippen LogP contribution in [0, 0.1) is 0 Å². The normalized spacial score (nSPS) is 11.2. The lowest BCUT2D eigenvalue weighted by Gasteiger charge is -2.00. The Labute approximate surface area is 104 Å². The molecule has 0 aliphatic carbocycles. The average Bonchev–Trinajstić information content (AvgIpc) is 2.94. The van der Waals surface area contributed by atoms with E-state index < -0.39 is 0 Å². The van der Waals surface area contributed by atoms with Crippen molar-refractivity contribution in [3.05, 3.63) is 36.4 Å². The highest BCUT2D eigenvalue weighted by molar-refractivity contribution is 5.77. The summed E-state index contributed by atoms with van der Waals surface area (Å²) in [5, 5.41) is 0. The van der Waals surface area contributed by atoms with Gasteiger partial charge in [0, 0.05) is 30.6 Å². The summed E-state index contributed by atoms with van der Waals surface area (Å²) < 4.78 is 7.59. The quantitative estimate of drug-likeness (QED) is 0.716. The van der Waals surface area contributed by atoms with E-state index in [0.29, 0.717) is 17.3 Å². The molecule has 0 radical (unpaired) electrons. The van der Waals surface area contributed by atoms with E-state index in [2.05, 4.69) is 16.9 Å². The second kappa shape index (κ2) is 4.18. The minimum atomic E-state index is 0.538. The molecule has 0 amide bonds. The van der Waals surface area contributed by atoms with Crippen molar-refractivity contribution < 1.29 is 4.42 Å². The average molecular weight is 242 g/mol. The summed E-state index contributed by atoms with van der Waals surface area (Å²) >= 11 is 0. The molecule has 2 N–H and O–H groups in total. The minimum Gasteiger partial charge on any atom is -0.423 e. The molecule has 3 rings (SSSR count). The molecule has 0 atom stereocenters. The second-order valence-electron chi connectivity index (χ2n) is 4.19. The maximum atomic E-state index is 5.72. The molecular formula is C13H14N4O. The number of rotatable bonds is 3. The van der Waals surface area contributed by atoms with Crippen molar-refractivity contribution >= 4 is 16.8 Å². The second-order valence-corrected chi connectivity index (χ2v) is 4.19. The van der Waals surface area contributed by atoms with Gasteiger partial charge in [-0.25, -0.2) is 4.98 Å². The third kappa shape index (κ3) is 1.73. The molecular weight excluding hydrogens is 228 g/mol. The van der Waals surface area contributed by atoms with E-state index in [1.807, 2.05) is 22.9 Å². The number of nitrogen functional groups attached to an aromatic ring is 1. The van der Waals surface area contributed by atoms with Crippen LogP contribution in [0.2, 0.25) is 0 Å². The van der Waals surface area contributed by atoms with Crippen molar-refractivity contribution in [2.75, 3.05) is 5.73 Å². The van der Waals surface area contributed by atoms with Gasteiger partial charge in [0.15, 0.2) is 5.58 Å². The monoisotopic (exact) mass is 242 g/mol. The van der Waals surface area contributed by atoms with Crippen LogP contribution in [-0.4, -0.2) is 14.5 Å². The van der Waals surface area contributed by atoms with Gasteiger partial charge in [0.05, 0.1) is 0 Å². The Kier molecular flexibility index (Phi) is 2.51. The molecule has 2 aromatic heterocycles. The lowest BCUT2D eigenvalue weighted by molar-refractivity contribution is 0.554. The number of nitrogens with zero attached hydrogens (tertiary/aromatic N) is 3. The first-order chi connectivity index (χ1) is 8.78. The maximum absolute atomic E-state index is 5.72. The van der Waals surface area contributed by atoms with Crippen LogP contribution in [-0.2, 0) is 6.42 Å². The topological polar surface area (TPSA) is 69.9 Å². The summed E-state index contributed by atoms with van der Waals surface area (Å²) in [7, 11) is 0. The molecule has 0 spiro atoms. The predicted molar refractivity (Wildman–Crippen MR) is 69.5 cm³/mol. The fourth-order valence-corrected chi connectivity index (χ4v) is 1.95. The zero-order chi connectivity index (χ0) is 12.5. The smallest absolute Gasteiger partial charge is 0.308 e. The van der Waals surface area contributed by atoms with Gasteiger partial charge in [-0.15, -0.1) is 0 Å². The first-order valence-corrected chi connectivity index (χ1v) is 5.96. The van der Waals surface area contributed by atoms with Crippen molar-refractivity contribution in [1.82, 2.24) is 14.5 Å². The van der Waals surface area contributed by atoms with E-state index in [9.17, 15) is 0 Å². The number of hydrogen-bond acceptors (Lipinski definition) is 4. The van der Waals surface area contributed by atoms with Crippen molar-refractivity contribution in [3.63, 3.8) is 0 Å². The number of nitrogens with two attached hydrogens (primary N) is 1. The molecule has 1 aromatic carbocycles. The molecule has 3 aromatic rings. The number of imidazole rings is 1. The van der Waals surface area contributed by atoms with Crippen LogP contribution in [0.25, 0.3) is 17.1 Å². The Morgan fingerprint density at radius 1 is 1.39 bits per heavy atom. The molecule has 18 heavy (non-hydrogen) atoms. The Morgan fingerprint density at radius 2 is 2.28 bits per heavy atom. The SMILES string of the molecule is CCCc1nccn1-c1nc2ccc(N)cc2o1. The molecule has 0 saturated carbocycles. The molecule has 0 bridgehead atoms. The van der Waals surface area contributed by atoms with Crippen LogP contribution in [0.5, 0.6) is 0 Å². The molecule has 0 aliphatic rings. The standard InChI is InChI=1S/C13H14N4O/c1-2-3-12-15-6-7-17(12)13-16-10-5-4-9(14)8-11(10)18-13/h4-8H,2-3,14H2,1H3. The largest absolute Gasteiger partial charge is 0.423 e. The number of aromatic nitrogens is 3. The Morgan fingerprint density at radius 3 is 3.11 bits per heavy atom. The van der Waals surface area contributed by atoms with Crippen LogP contribution in [0.3, 0.4) is 0 Å². The summed E-state index contributed by atoms with van der Waals surface area (Å²) in [5.74, 6) is 0.956. The molecule has 5 nitrogen and oxygen atoms in total. The van der Waals surface area contributed by atoms with E-state index in [1.165, 1.54) is 0 Å². The van der Waals surface area contributed by atoms with Crippen molar-refractivity contribution in [2.24, 2.45) is 0 Å². The van der Waals surface area contributed by atoms with Gasteiger partial charge in [0.2, 0.25) is 0 Å². The first kappa shape index (κ1) is 10.8. The predicted octanol–water partition coefficient (Wildman–Crippen LogP) is 2.55. The highest BCUT2D eigenvalue weighted by Crippen LogP contribution is 2.21. The van der Waals surface area contributed by atoms with Crippen molar-refractivity contribution in [2.45, 2.75) is 19.8 Å². The van der Waals surface area contributed by atoms with Crippen molar-refractivity contribution in [1.29, 1.82) is 0 Å². The van der Waals surface area contributed by atoms with Crippen LogP contribution < -0.4 is 5.73 Å². The molecule has 2 heterocycles. The molecule has 5 heteroatoms. The van der Waals surface area contributed by atoms with E-state index >= 15 is 0 Å².